The first-order chi connectivity index (χ1) is 8.08. The lowest BCUT2D eigenvalue weighted by Crippen LogP contribution is -2.32. The Morgan fingerprint density at radius 3 is 2.24 bits per heavy atom. The van der Waals surface area contributed by atoms with Gasteiger partial charge in [-0.05, 0) is 11.1 Å². The van der Waals surface area contributed by atoms with Gasteiger partial charge in [0, 0.05) is 28.3 Å². The van der Waals surface area contributed by atoms with Gasteiger partial charge in [-0.3, -0.25) is 0 Å². The number of hydrogen-bond acceptors (Lipinski definition) is 5. The molecule has 0 radical (unpaired) electrons. The molecule has 17 heavy (non-hydrogen) atoms. The largest absolute Gasteiger partial charge is 0.394 e. The van der Waals surface area contributed by atoms with Crippen molar-refractivity contribution in [1.29, 1.82) is 0 Å². The quantitative estimate of drug-likeness (QED) is 0.353. The van der Waals surface area contributed by atoms with Crippen LogP contribution in [0.5, 0.6) is 0 Å². The van der Waals surface area contributed by atoms with Crippen molar-refractivity contribution in [3.8, 4) is 0 Å². The zero-order valence-electron chi connectivity index (χ0n) is 9.60. The second kappa shape index (κ2) is 8.63. The molecule has 0 saturated carbocycles. The van der Waals surface area contributed by atoms with Crippen molar-refractivity contribution < 1.29 is 14.9 Å². The van der Waals surface area contributed by atoms with E-state index >= 15 is 0 Å². The van der Waals surface area contributed by atoms with Crippen LogP contribution in [0.15, 0.2) is 10.2 Å². The lowest BCUT2D eigenvalue weighted by molar-refractivity contribution is -0.0183. The van der Waals surface area contributed by atoms with E-state index in [2.05, 4.69) is 20.1 Å². The predicted octanol–water partition coefficient (Wildman–Crippen LogP) is 0.983. The summed E-state index contributed by atoms with van der Waals surface area (Å²) in [5, 5.41) is 24.5. The van der Waals surface area contributed by atoms with E-state index in [1.807, 2.05) is 0 Å². The lowest BCUT2D eigenvalue weighted by atomic mass is 9.92. The molecule has 0 bridgehead atoms. The van der Waals surface area contributed by atoms with Gasteiger partial charge >= 0.3 is 0 Å². The highest BCUT2D eigenvalue weighted by Crippen LogP contribution is 2.18. The van der Waals surface area contributed by atoms with Gasteiger partial charge in [0.05, 0.1) is 19.8 Å². The van der Waals surface area contributed by atoms with Crippen LogP contribution in [0, 0.1) is 5.41 Å². The van der Waals surface area contributed by atoms with Crippen LogP contribution in [0.3, 0.4) is 0 Å². The second-order valence-electron chi connectivity index (χ2n) is 3.94. The molecule has 1 atom stereocenters. The van der Waals surface area contributed by atoms with Crippen LogP contribution < -0.4 is 0 Å². The molecule has 9 nitrogen and oxygen atoms in total. The predicted molar refractivity (Wildman–Crippen MR) is 60.0 cm³/mol. The van der Waals surface area contributed by atoms with Crippen LogP contribution in [0.1, 0.15) is 6.92 Å². The highest BCUT2D eigenvalue weighted by Gasteiger charge is 2.23. The number of ether oxygens (including phenoxy) is 1. The standard InChI is InChI=1S/C8H16N6O3/c1-8(4-11-13-9,5-12-14-10)6-17-3-7(16)2-15/h7,15-16H,2-6H2,1H3. The number of nitrogens with zero attached hydrogens (tertiary/aromatic N) is 6. The highest BCUT2D eigenvalue weighted by atomic mass is 16.5. The van der Waals surface area contributed by atoms with Crippen molar-refractivity contribution in [1.82, 2.24) is 0 Å². The fourth-order valence-electron chi connectivity index (χ4n) is 1.04. The zero-order valence-corrected chi connectivity index (χ0v) is 9.60. The maximum Gasteiger partial charge on any atom is 0.100 e. The zero-order chi connectivity index (χ0) is 13.1. The van der Waals surface area contributed by atoms with Gasteiger partial charge in [0.2, 0.25) is 0 Å². The minimum absolute atomic E-state index is 0.0291. The first-order valence-electron chi connectivity index (χ1n) is 4.96. The Bertz CT molecular complexity index is 290. The van der Waals surface area contributed by atoms with Gasteiger partial charge in [-0.15, -0.1) is 0 Å². The van der Waals surface area contributed by atoms with E-state index in [4.69, 9.17) is 26.0 Å². The average molecular weight is 244 g/mol. The molecule has 0 amide bonds. The number of azide groups is 2. The Balaban J connectivity index is 4.26. The van der Waals surface area contributed by atoms with E-state index in [-0.39, 0.29) is 32.9 Å². The third-order valence-electron chi connectivity index (χ3n) is 2.00. The van der Waals surface area contributed by atoms with Crippen LogP contribution in [0.25, 0.3) is 20.9 Å². The molecule has 0 aliphatic carbocycles. The average Bonchev–Trinajstić information content (AvgIpc) is 2.34. The number of hydrogen-bond donors (Lipinski definition) is 2. The fraction of sp³-hybridized carbons (Fsp3) is 1.00. The second-order valence-corrected chi connectivity index (χ2v) is 3.94. The van der Waals surface area contributed by atoms with Gasteiger partial charge < -0.3 is 14.9 Å². The SMILES string of the molecule is CC(CN=[N+]=[N-])(CN=[N+]=[N-])COCC(O)CO. The van der Waals surface area contributed by atoms with E-state index in [0.29, 0.717) is 0 Å². The molecule has 0 aromatic carbocycles. The molecule has 1 unspecified atom stereocenters. The summed E-state index contributed by atoms with van der Waals surface area (Å²) in [5.74, 6) is 0. The van der Waals surface area contributed by atoms with Crippen LogP contribution in [-0.2, 0) is 4.74 Å². The maximum absolute atomic E-state index is 9.07. The van der Waals surface area contributed by atoms with Crippen LogP contribution in [-0.4, -0.2) is 49.2 Å². The molecule has 0 fully saturated rings. The summed E-state index contributed by atoms with van der Waals surface area (Å²) < 4.78 is 5.17. The molecule has 0 aromatic heterocycles. The third-order valence-corrected chi connectivity index (χ3v) is 2.00. The Morgan fingerprint density at radius 2 is 1.82 bits per heavy atom. The molecule has 96 valence electrons. The Morgan fingerprint density at radius 1 is 1.29 bits per heavy atom. The molecule has 0 spiro atoms. The van der Waals surface area contributed by atoms with E-state index < -0.39 is 11.5 Å². The normalized spacial score (nSPS) is 15.2. The van der Waals surface area contributed by atoms with Crippen LogP contribution in [0.2, 0.25) is 0 Å². The summed E-state index contributed by atoms with van der Waals surface area (Å²) in [5.41, 5.74) is 15.9. The molecule has 2 N–H and O–H groups in total. The van der Waals surface area contributed by atoms with Crippen LogP contribution in [0.4, 0.5) is 0 Å². The molecule has 0 aromatic rings. The van der Waals surface area contributed by atoms with Gasteiger partial charge in [0.25, 0.3) is 0 Å². The number of aliphatic hydroxyl groups excluding tert-OH is 2. The molecule has 0 aliphatic rings. The van der Waals surface area contributed by atoms with Crippen molar-refractivity contribution in [3.05, 3.63) is 20.9 Å². The van der Waals surface area contributed by atoms with Gasteiger partial charge in [-0.1, -0.05) is 17.2 Å². The van der Waals surface area contributed by atoms with Gasteiger partial charge in [-0.2, -0.15) is 0 Å². The summed E-state index contributed by atoms with van der Waals surface area (Å²) in [6.45, 7) is 1.72. The maximum atomic E-state index is 9.07. The van der Waals surface area contributed by atoms with E-state index in [9.17, 15) is 0 Å². The van der Waals surface area contributed by atoms with Gasteiger partial charge in [-0.25, -0.2) is 0 Å². The van der Waals surface area contributed by atoms with E-state index in [0.717, 1.165) is 0 Å². The molecular weight excluding hydrogens is 228 g/mol. The van der Waals surface area contributed by atoms with Crippen molar-refractivity contribution in [2.75, 3.05) is 32.9 Å². The minimum atomic E-state index is -0.946. The highest BCUT2D eigenvalue weighted by molar-refractivity contribution is 4.80. The van der Waals surface area contributed by atoms with E-state index in [1.54, 1.807) is 6.92 Å². The summed E-state index contributed by atoms with van der Waals surface area (Å²) in [7, 11) is 0. The number of aliphatic hydroxyl groups is 2. The number of rotatable bonds is 9. The third kappa shape index (κ3) is 7.40. The van der Waals surface area contributed by atoms with Crippen molar-refractivity contribution in [2.24, 2.45) is 15.6 Å². The molecular formula is C8H16N6O3. The first kappa shape index (κ1) is 15.5. The lowest BCUT2D eigenvalue weighted by Gasteiger charge is -2.25. The molecule has 0 aliphatic heterocycles. The molecule has 9 heteroatoms. The topological polar surface area (TPSA) is 147 Å². The van der Waals surface area contributed by atoms with Crippen LogP contribution >= 0.6 is 0 Å². The van der Waals surface area contributed by atoms with Gasteiger partial charge in [0.1, 0.15) is 6.10 Å². The van der Waals surface area contributed by atoms with Crippen molar-refractivity contribution in [3.63, 3.8) is 0 Å². The first-order valence-corrected chi connectivity index (χ1v) is 4.96. The Labute approximate surface area is 98.3 Å². The summed E-state index contributed by atoms with van der Waals surface area (Å²) in [6, 6.07) is 0. The Kier molecular flexibility index (Phi) is 7.87. The Hall–Kier alpha value is -1.50. The minimum Gasteiger partial charge on any atom is -0.394 e. The van der Waals surface area contributed by atoms with Crippen molar-refractivity contribution in [2.45, 2.75) is 13.0 Å². The summed E-state index contributed by atoms with van der Waals surface area (Å²) >= 11 is 0. The molecule has 0 heterocycles. The van der Waals surface area contributed by atoms with E-state index in [1.165, 1.54) is 0 Å². The summed E-state index contributed by atoms with van der Waals surface area (Å²) in [6.07, 6.45) is -0.946. The monoisotopic (exact) mass is 244 g/mol. The molecule has 0 saturated heterocycles. The molecule has 0 rings (SSSR count). The van der Waals surface area contributed by atoms with Gasteiger partial charge in [0.15, 0.2) is 0 Å². The smallest absolute Gasteiger partial charge is 0.100 e. The van der Waals surface area contributed by atoms with Crippen molar-refractivity contribution >= 4 is 0 Å². The fourth-order valence-corrected chi connectivity index (χ4v) is 1.04. The summed E-state index contributed by atoms with van der Waals surface area (Å²) in [4.78, 5) is 5.27.